The van der Waals surface area contributed by atoms with Crippen LogP contribution in [0.15, 0.2) is 0 Å². The molecule has 0 aliphatic carbocycles. The number of methoxy groups -OCH3 is 1. The molecular weight excluding hydrogens is 222 g/mol. The quantitative estimate of drug-likeness (QED) is 0.827. The van der Waals surface area contributed by atoms with Crippen LogP contribution in [-0.2, 0) is 17.9 Å². The van der Waals surface area contributed by atoms with E-state index >= 15 is 0 Å². The van der Waals surface area contributed by atoms with Crippen LogP contribution >= 0.6 is 11.3 Å². The van der Waals surface area contributed by atoms with Gasteiger partial charge in [0.2, 0.25) is 0 Å². The smallest absolute Gasteiger partial charge is 0.185 e. The zero-order valence-electron chi connectivity index (χ0n) is 10.7. The summed E-state index contributed by atoms with van der Waals surface area (Å²) in [5.41, 5.74) is 1.05. The molecule has 4 nitrogen and oxygen atoms in total. The molecule has 0 aliphatic rings. The molecule has 0 unspecified atom stereocenters. The Morgan fingerprint density at radius 2 is 2.19 bits per heavy atom. The van der Waals surface area contributed by atoms with Gasteiger partial charge in [0.15, 0.2) is 5.13 Å². The fraction of sp³-hybridized carbons (Fsp3) is 0.727. The van der Waals surface area contributed by atoms with Gasteiger partial charge < -0.3 is 15.0 Å². The van der Waals surface area contributed by atoms with Crippen LogP contribution in [0.3, 0.4) is 0 Å². The fourth-order valence-corrected chi connectivity index (χ4v) is 2.46. The molecule has 1 aromatic rings. The molecule has 16 heavy (non-hydrogen) atoms. The summed E-state index contributed by atoms with van der Waals surface area (Å²) in [6.45, 7) is 5.76. The number of nitrogens with zero attached hydrogens (tertiary/aromatic N) is 2. The first-order valence-electron chi connectivity index (χ1n) is 5.45. The summed E-state index contributed by atoms with van der Waals surface area (Å²) in [5, 5.41) is 4.22. The molecular formula is C11H21N3OS. The van der Waals surface area contributed by atoms with Crippen LogP contribution in [0.25, 0.3) is 0 Å². The second-order valence-corrected chi connectivity index (χ2v) is 5.10. The SMILES string of the molecule is CNCc1sc(N(C)C(C)C)nc1COC. The minimum Gasteiger partial charge on any atom is -0.378 e. The maximum Gasteiger partial charge on any atom is 0.185 e. The van der Waals surface area contributed by atoms with Crippen LogP contribution in [0.4, 0.5) is 5.13 Å². The van der Waals surface area contributed by atoms with Gasteiger partial charge in [0.1, 0.15) is 0 Å². The van der Waals surface area contributed by atoms with Crippen molar-refractivity contribution in [1.82, 2.24) is 10.3 Å². The second-order valence-electron chi connectivity index (χ2n) is 4.03. The molecule has 0 fully saturated rings. The zero-order chi connectivity index (χ0) is 12.1. The lowest BCUT2D eigenvalue weighted by atomic mass is 10.3. The molecule has 0 saturated carbocycles. The number of ether oxygens (including phenoxy) is 1. The number of rotatable bonds is 6. The van der Waals surface area contributed by atoms with Crippen molar-refractivity contribution < 1.29 is 4.74 Å². The van der Waals surface area contributed by atoms with Crippen molar-refractivity contribution in [1.29, 1.82) is 0 Å². The first-order valence-corrected chi connectivity index (χ1v) is 6.26. The Bertz CT molecular complexity index is 302. The van der Waals surface area contributed by atoms with Crippen LogP contribution in [0.1, 0.15) is 24.4 Å². The Labute approximate surface area is 102 Å². The number of nitrogens with one attached hydrogen (secondary N) is 1. The molecule has 1 heterocycles. The standard InChI is InChI=1S/C11H21N3OS/c1-8(2)14(4)11-13-9(7-15-5)10(16-11)6-12-3/h8,12H,6-7H2,1-5H3. The van der Waals surface area contributed by atoms with E-state index in [-0.39, 0.29) is 0 Å². The van der Waals surface area contributed by atoms with E-state index in [1.54, 1.807) is 18.4 Å². The minimum atomic E-state index is 0.462. The summed E-state index contributed by atoms with van der Waals surface area (Å²) in [6.07, 6.45) is 0. The molecule has 0 saturated heterocycles. The molecule has 1 N–H and O–H groups in total. The van der Waals surface area contributed by atoms with Crippen molar-refractivity contribution in [2.75, 3.05) is 26.1 Å². The van der Waals surface area contributed by atoms with Crippen LogP contribution in [0.2, 0.25) is 0 Å². The highest BCUT2D eigenvalue weighted by molar-refractivity contribution is 7.15. The molecule has 0 aliphatic heterocycles. The van der Waals surface area contributed by atoms with Crippen molar-refractivity contribution >= 4 is 16.5 Å². The molecule has 0 amide bonds. The predicted molar refractivity (Wildman–Crippen MR) is 69.1 cm³/mol. The lowest BCUT2D eigenvalue weighted by Gasteiger charge is -2.19. The van der Waals surface area contributed by atoms with Gasteiger partial charge in [0.05, 0.1) is 12.3 Å². The van der Waals surface area contributed by atoms with Crippen molar-refractivity contribution in [3.8, 4) is 0 Å². The predicted octanol–water partition coefficient (Wildman–Crippen LogP) is 1.85. The Morgan fingerprint density at radius 3 is 2.69 bits per heavy atom. The van der Waals surface area contributed by atoms with Crippen LogP contribution in [0.5, 0.6) is 0 Å². The molecule has 92 valence electrons. The van der Waals surface area contributed by atoms with Gasteiger partial charge in [-0.05, 0) is 20.9 Å². The number of aromatic nitrogens is 1. The molecule has 0 bridgehead atoms. The van der Waals surface area contributed by atoms with Gasteiger partial charge in [-0.2, -0.15) is 0 Å². The van der Waals surface area contributed by atoms with Crippen molar-refractivity contribution in [3.05, 3.63) is 10.6 Å². The van der Waals surface area contributed by atoms with Crippen LogP contribution in [0, 0.1) is 0 Å². The largest absolute Gasteiger partial charge is 0.378 e. The molecule has 0 atom stereocenters. The van der Waals surface area contributed by atoms with Gasteiger partial charge in [-0.3, -0.25) is 0 Å². The number of anilines is 1. The Hall–Kier alpha value is -0.650. The van der Waals surface area contributed by atoms with Gasteiger partial charge in [-0.25, -0.2) is 4.98 Å². The minimum absolute atomic E-state index is 0.462. The number of hydrogen-bond acceptors (Lipinski definition) is 5. The average Bonchev–Trinajstić information content (AvgIpc) is 2.62. The monoisotopic (exact) mass is 243 g/mol. The lowest BCUT2D eigenvalue weighted by molar-refractivity contribution is 0.181. The summed E-state index contributed by atoms with van der Waals surface area (Å²) >= 11 is 1.73. The third kappa shape index (κ3) is 3.17. The second kappa shape index (κ2) is 6.18. The van der Waals surface area contributed by atoms with Gasteiger partial charge >= 0.3 is 0 Å². The summed E-state index contributed by atoms with van der Waals surface area (Å²) in [4.78, 5) is 8.06. The molecule has 0 spiro atoms. The van der Waals surface area contributed by atoms with Gasteiger partial charge in [-0.1, -0.05) is 0 Å². The summed E-state index contributed by atoms with van der Waals surface area (Å²) in [6, 6.07) is 0.462. The van der Waals surface area contributed by atoms with Crippen molar-refractivity contribution in [2.24, 2.45) is 0 Å². The first kappa shape index (κ1) is 13.4. The van der Waals surface area contributed by atoms with E-state index in [2.05, 4.69) is 36.1 Å². The normalized spacial score (nSPS) is 11.1. The number of hydrogen-bond donors (Lipinski definition) is 1. The van der Waals surface area contributed by atoms with E-state index in [1.807, 2.05) is 7.05 Å². The van der Waals surface area contributed by atoms with Crippen LogP contribution < -0.4 is 10.2 Å². The lowest BCUT2D eigenvalue weighted by Crippen LogP contribution is -2.25. The van der Waals surface area contributed by atoms with E-state index < -0.39 is 0 Å². The van der Waals surface area contributed by atoms with E-state index in [1.165, 1.54) is 4.88 Å². The first-order chi connectivity index (χ1) is 7.60. The highest BCUT2D eigenvalue weighted by Crippen LogP contribution is 2.27. The molecule has 5 heteroatoms. The summed E-state index contributed by atoms with van der Waals surface area (Å²) < 4.78 is 5.17. The Kier molecular flexibility index (Phi) is 5.18. The maximum atomic E-state index is 5.17. The Morgan fingerprint density at radius 1 is 1.50 bits per heavy atom. The van der Waals surface area contributed by atoms with E-state index in [4.69, 9.17) is 4.74 Å². The average molecular weight is 243 g/mol. The van der Waals surface area contributed by atoms with Gasteiger partial charge in [-0.15, -0.1) is 11.3 Å². The van der Waals surface area contributed by atoms with Gasteiger partial charge in [0, 0.05) is 31.6 Å². The molecule has 1 rings (SSSR count). The van der Waals surface area contributed by atoms with Crippen molar-refractivity contribution in [3.63, 3.8) is 0 Å². The van der Waals surface area contributed by atoms with Crippen LogP contribution in [-0.4, -0.2) is 32.2 Å². The van der Waals surface area contributed by atoms with E-state index in [0.29, 0.717) is 12.6 Å². The van der Waals surface area contributed by atoms with E-state index in [0.717, 1.165) is 17.4 Å². The van der Waals surface area contributed by atoms with Crippen molar-refractivity contribution in [2.45, 2.75) is 33.0 Å². The Balaban J connectivity index is 2.91. The number of thiazole rings is 1. The maximum absolute atomic E-state index is 5.17. The summed E-state index contributed by atoms with van der Waals surface area (Å²) in [7, 11) is 5.72. The molecule has 0 radical (unpaired) electrons. The topological polar surface area (TPSA) is 37.4 Å². The summed E-state index contributed by atoms with van der Waals surface area (Å²) in [5.74, 6) is 0. The highest BCUT2D eigenvalue weighted by atomic mass is 32.1. The third-order valence-corrected chi connectivity index (χ3v) is 3.65. The van der Waals surface area contributed by atoms with E-state index in [9.17, 15) is 0 Å². The fourth-order valence-electron chi connectivity index (χ4n) is 1.29. The zero-order valence-corrected chi connectivity index (χ0v) is 11.5. The third-order valence-electron chi connectivity index (χ3n) is 2.46. The molecule has 0 aromatic carbocycles. The van der Waals surface area contributed by atoms with Gasteiger partial charge in [0.25, 0.3) is 0 Å². The molecule has 1 aromatic heterocycles. The highest BCUT2D eigenvalue weighted by Gasteiger charge is 2.14.